The highest BCUT2D eigenvalue weighted by atomic mass is 32.2. The number of fused-ring (bicyclic) bond motifs is 2. The van der Waals surface area contributed by atoms with Crippen LogP contribution in [-0.2, 0) is 16.0 Å². The standard InChI is InChI=1S/C25H27N3O4S/c1-15(14-32-4)28-24(31)20-7-5-6-8-21(20)26-25(28)33-16(2)23(30)19-9-10-22-18(13-19)11-12-27(22)17(3)29/h5-10,13,15-16H,11-12,14H2,1-4H3/t15-,16-/m0/s1. The highest BCUT2D eigenvalue weighted by Gasteiger charge is 2.26. The van der Waals surface area contributed by atoms with Crippen molar-refractivity contribution < 1.29 is 14.3 Å². The monoisotopic (exact) mass is 465 g/mol. The molecule has 4 rings (SSSR count). The van der Waals surface area contributed by atoms with Crippen molar-refractivity contribution in [2.75, 3.05) is 25.2 Å². The molecule has 0 aliphatic carbocycles. The summed E-state index contributed by atoms with van der Waals surface area (Å²) in [5.41, 5.74) is 2.93. The van der Waals surface area contributed by atoms with E-state index < -0.39 is 5.25 Å². The molecule has 1 amide bonds. The molecule has 1 aromatic heterocycles. The molecule has 0 saturated heterocycles. The molecule has 2 atom stereocenters. The zero-order valence-electron chi connectivity index (χ0n) is 19.2. The molecule has 33 heavy (non-hydrogen) atoms. The summed E-state index contributed by atoms with van der Waals surface area (Å²) < 4.78 is 6.90. The van der Waals surface area contributed by atoms with Crippen molar-refractivity contribution in [3.63, 3.8) is 0 Å². The lowest BCUT2D eigenvalue weighted by atomic mass is 10.0. The van der Waals surface area contributed by atoms with Crippen molar-refractivity contribution >= 4 is 40.0 Å². The van der Waals surface area contributed by atoms with Crippen LogP contribution >= 0.6 is 11.8 Å². The van der Waals surface area contributed by atoms with E-state index in [0.29, 0.717) is 34.8 Å². The molecule has 0 unspecified atom stereocenters. The Morgan fingerprint density at radius 3 is 2.67 bits per heavy atom. The topological polar surface area (TPSA) is 81.5 Å². The van der Waals surface area contributed by atoms with Gasteiger partial charge < -0.3 is 9.64 Å². The van der Waals surface area contributed by atoms with Crippen molar-refractivity contribution in [2.45, 2.75) is 43.6 Å². The number of anilines is 1. The van der Waals surface area contributed by atoms with E-state index in [4.69, 9.17) is 9.72 Å². The lowest BCUT2D eigenvalue weighted by molar-refractivity contribution is -0.116. The van der Waals surface area contributed by atoms with E-state index in [0.717, 1.165) is 17.7 Å². The molecular formula is C25H27N3O4S. The van der Waals surface area contributed by atoms with Gasteiger partial charge in [-0.15, -0.1) is 0 Å². The van der Waals surface area contributed by atoms with Crippen molar-refractivity contribution in [3.8, 4) is 0 Å². The van der Waals surface area contributed by atoms with Crippen molar-refractivity contribution in [1.82, 2.24) is 9.55 Å². The SMILES string of the molecule is COC[C@H](C)n1c(S[C@@H](C)C(=O)c2ccc3c(c2)CCN3C(C)=O)nc2ccccc2c1=O. The highest BCUT2D eigenvalue weighted by molar-refractivity contribution is 8.00. The second-order valence-electron chi connectivity index (χ2n) is 8.28. The van der Waals surface area contributed by atoms with E-state index in [-0.39, 0.29) is 23.3 Å². The number of ketones is 1. The molecule has 0 saturated carbocycles. The number of thioether (sulfide) groups is 1. The van der Waals surface area contributed by atoms with Gasteiger partial charge in [0.1, 0.15) is 0 Å². The molecule has 0 bridgehead atoms. The van der Waals surface area contributed by atoms with E-state index in [2.05, 4.69) is 0 Å². The molecule has 0 radical (unpaired) electrons. The third-order valence-corrected chi connectivity index (χ3v) is 6.98. The molecule has 7 nitrogen and oxygen atoms in total. The lowest BCUT2D eigenvalue weighted by Gasteiger charge is -2.20. The van der Waals surface area contributed by atoms with Gasteiger partial charge in [0.2, 0.25) is 5.91 Å². The Balaban J connectivity index is 1.66. The summed E-state index contributed by atoms with van der Waals surface area (Å²) in [6.07, 6.45) is 0.734. The van der Waals surface area contributed by atoms with Crippen LogP contribution in [0.4, 0.5) is 5.69 Å². The molecule has 1 aliphatic rings. The number of ether oxygens (including phenoxy) is 1. The Morgan fingerprint density at radius 1 is 1.18 bits per heavy atom. The quantitative estimate of drug-likeness (QED) is 0.299. The van der Waals surface area contributed by atoms with E-state index in [1.54, 1.807) is 41.7 Å². The first-order valence-electron chi connectivity index (χ1n) is 10.9. The van der Waals surface area contributed by atoms with Gasteiger partial charge in [-0.1, -0.05) is 23.9 Å². The van der Waals surface area contributed by atoms with Crippen LogP contribution in [0.15, 0.2) is 52.4 Å². The molecule has 0 spiro atoms. The number of benzene rings is 2. The zero-order chi connectivity index (χ0) is 23.7. The maximum absolute atomic E-state index is 13.3. The van der Waals surface area contributed by atoms with Crippen LogP contribution in [0, 0.1) is 0 Å². The molecule has 2 heterocycles. The minimum Gasteiger partial charge on any atom is -0.383 e. The van der Waals surface area contributed by atoms with Gasteiger partial charge >= 0.3 is 0 Å². The normalized spacial score (nSPS) is 14.8. The summed E-state index contributed by atoms with van der Waals surface area (Å²) in [7, 11) is 1.59. The number of hydrogen-bond donors (Lipinski definition) is 0. The van der Waals surface area contributed by atoms with Crippen LogP contribution in [0.1, 0.15) is 42.7 Å². The summed E-state index contributed by atoms with van der Waals surface area (Å²) in [5.74, 6) is -0.0419. The van der Waals surface area contributed by atoms with Crippen LogP contribution in [0.25, 0.3) is 10.9 Å². The van der Waals surface area contributed by atoms with Crippen molar-refractivity contribution in [1.29, 1.82) is 0 Å². The van der Waals surface area contributed by atoms with E-state index >= 15 is 0 Å². The first-order chi connectivity index (χ1) is 15.8. The van der Waals surface area contributed by atoms with Crippen LogP contribution in [0.3, 0.4) is 0 Å². The van der Waals surface area contributed by atoms with E-state index in [9.17, 15) is 14.4 Å². The number of aromatic nitrogens is 2. The minimum absolute atomic E-state index is 0.00211. The smallest absolute Gasteiger partial charge is 0.262 e. The lowest BCUT2D eigenvalue weighted by Crippen LogP contribution is -2.29. The van der Waals surface area contributed by atoms with Gasteiger partial charge in [0, 0.05) is 31.8 Å². The van der Waals surface area contributed by atoms with Gasteiger partial charge in [-0.2, -0.15) is 0 Å². The molecule has 0 N–H and O–H groups in total. The molecule has 172 valence electrons. The van der Waals surface area contributed by atoms with Gasteiger partial charge in [-0.05, 0) is 56.2 Å². The summed E-state index contributed by atoms with van der Waals surface area (Å²) in [6, 6.07) is 12.5. The maximum atomic E-state index is 13.3. The Bertz CT molecular complexity index is 1290. The Kier molecular flexibility index (Phi) is 6.67. The molecule has 3 aromatic rings. The fraction of sp³-hybridized carbons (Fsp3) is 0.360. The Hall–Kier alpha value is -2.97. The first kappa shape index (κ1) is 23.2. The summed E-state index contributed by atoms with van der Waals surface area (Å²) >= 11 is 1.28. The fourth-order valence-electron chi connectivity index (χ4n) is 4.24. The zero-order valence-corrected chi connectivity index (χ0v) is 20.0. The van der Waals surface area contributed by atoms with Crippen LogP contribution < -0.4 is 10.5 Å². The molecule has 8 heteroatoms. The molecule has 2 aromatic carbocycles. The number of amides is 1. The first-order valence-corrected chi connectivity index (χ1v) is 11.8. The Morgan fingerprint density at radius 2 is 1.94 bits per heavy atom. The number of methoxy groups -OCH3 is 1. The van der Waals surface area contributed by atoms with Gasteiger partial charge in [0.25, 0.3) is 5.56 Å². The number of para-hydroxylation sites is 1. The largest absolute Gasteiger partial charge is 0.383 e. The van der Waals surface area contributed by atoms with E-state index in [1.165, 1.54) is 11.8 Å². The van der Waals surface area contributed by atoms with Gasteiger partial charge in [-0.25, -0.2) is 4.98 Å². The highest BCUT2D eigenvalue weighted by Crippen LogP contribution is 2.31. The molecule has 1 aliphatic heterocycles. The third-order valence-electron chi connectivity index (χ3n) is 5.92. The summed E-state index contributed by atoms with van der Waals surface area (Å²) in [6.45, 7) is 6.27. The third kappa shape index (κ3) is 4.45. The number of carbonyl (C=O) groups is 2. The predicted molar refractivity (Wildman–Crippen MR) is 130 cm³/mol. The van der Waals surface area contributed by atoms with Gasteiger partial charge in [0.05, 0.1) is 28.8 Å². The number of carbonyl (C=O) groups excluding carboxylic acids is 2. The summed E-state index contributed by atoms with van der Waals surface area (Å²) in [4.78, 5) is 44.8. The minimum atomic E-state index is -0.456. The average molecular weight is 466 g/mol. The number of Topliss-reactive ketones (excluding diaryl/α,β-unsaturated/α-hetero) is 1. The Labute approximate surface area is 196 Å². The number of rotatable bonds is 7. The molecule has 0 fully saturated rings. The van der Waals surface area contributed by atoms with Crippen LogP contribution in [0.5, 0.6) is 0 Å². The fourth-order valence-corrected chi connectivity index (χ4v) is 5.33. The van der Waals surface area contributed by atoms with Crippen molar-refractivity contribution in [2.24, 2.45) is 0 Å². The maximum Gasteiger partial charge on any atom is 0.262 e. The number of nitrogens with zero attached hydrogens (tertiary/aromatic N) is 3. The van der Waals surface area contributed by atoms with Crippen molar-refractivity contribution in [3.05, 3.63) is 63.9 Å². The predicted octanol–water partition coefficient (Wildman–Crippen LogP) is 3.88. The van der Waals surface area contributed by atoms with Gasteiger partial charge in [0.15, 0.2) is 10.9 Å². The second-order valence-corrected chi connectivity index (χ2v) is 9.59. The van der Waals surface area contributed by atoms with E-state index in [1.807, 2.05) is 38.1 Å². The second kappa shape index (κ2) is 9.49. The van der Waals surface area contributed by atoms with Crippen LogP contribution in [-0.4, -0.2) is 46.8 Å². The molecular weight excluding hydrogens is 438 g/mol. The van der Waals surface area contributed by atoms with Crippen LogP contribution in [0.2, 0.25) is 0 Å². The average Bonchev–Trinajstić information content (AvgIpc) is 3.22. The number of hydrogen-bond acceptors (Lipinski definition) is 6. The summed E-state index contributed by atoms with van der Waals surface area (Å²) in [5, 5.41) is 0.577. The van der Waals surface area contributed by atoms with Gasteiger partial charge in [-0.3, -0.25) is 19.0 Å².